The van der Waals surface area contributed by atoms with E-state index in [2.05, 4.69) is 38.1 Å². The van der Waals surface area contributed by atoms with E-state index >= 15 is 0 Å². The van der Waals surface area contributed by atoms with Crippen molar-refractivity contribution in [2.45, 2.75) is 26.7 Å². The van der Waals surface area contributed by atoms with Crippen LogP contribution in [-0.2, 0) is 4.74 Å². The van der Waals surface area contributed by atoms with Crippen LogP contribution in [0.4, 0.5) is 0 Å². The highest BCUT2D eigenvalue weighted by molar-refractivity contribution is 5.92. The van der Waals surface area contributed by atoms with Crippen molar-refractivity contribution in [3.63, 3.8) is 0 Å². The highest BCUT2D eigenvalue weighted by Crippen LogP contribution is 2.23. The quantitative estimate of drug-likeness (QED) is 0.606. The Balaban J connectivity index is 0.00000220. The Hall–Kier alpha value is -1.80. The Morgan fingerprint density at radius 3 is 1.86 bits per heavy atom. The van der Waals surface area contributed by atoms with Gasteiger partial charge in [-0.2, -0.15) is 0 Å². The summed E-state index contributed by atoms with van der Waals surface area (Å²) in [5.74, 6) is 0.785. The number of nitrogens with one attached hydrogen (secondary N) is 1. The fourth-order valence-electron chi connectivity index (χ4n) is 2.10. The van der Waals surface area contributed by atoms with Crippen LogP contribution in [0, 0.1) is 5.41 Å². The van der Waals surface area contributed by atoms with Gasteiger partial charge >= 0.3 is 0 Å². The van der Waals surface area contributed by atoms with E-state index in [1.54, 1.807) is 0 Å². The Labute approximate surface area is 133 Å². The van der Waals surface area contributed by atoms with Gasteiger partial charge in [-0.3, -0.25) is 5.41 Å². The number of halogens is 1. The second-order valence-corrected chi connectivity index (χ2v) is 5.12. The molecule has 1 N–H and O–H groups in total. The van der Waals surface area contributed by atoms with Crippen LogP contribution in [0.5, 0.6) is 0 Å². The average Bonchev–Trinajstić information content (AvgIpc) is 2.48. The van der Waals surface area contributed by atoms with Crippen molar-refractivity contribution in [2.75, 3.05) is 6.61 Å². The first kappa shape index (κ1) is 17.3. The molecule has 2 aromatic carbocycles. The lowest BCUT2D eigenvalue weighted by Gasteiger charge is -2.08. The van der Waals surface area contributed by atoms with E-state index in [4.69, 9.17) is 10.1 Å². The SMILES string of the molecule is CCOC(=N)c1ccc(-c2ccc(C(C)C)cc2)cc1.Cl. The maximum absolute atomic E-state index is 7.76. The van der Waals surface area contributed by atoms with E-state index in [1.807, 2.05) is 31.2 Å². The molecule has 0 aliphatic heterocycles. The number of rotatable bonds is 4. The maximum atomic E-state index is 7.76. The summed E-state index contributed by atoms with van der Waals surface area (Å²) in [6, 6.07) is 16.6. The van der Waals surface area contributed by atoms with E-state index in [0.29, 0.717) is 12.5 Å². The smallest absolute Gasteiger partial charge is 0.213 e. The van der Waals surface area contributed by atoms with Crippen molar-refractivity contribution >= 4 is 18.3 Å². The van der Waals surface area contributed by atoms with Crippen molar-refractivity contribution in [1.29, 1.82) is 5.41 Å². The largest absolute Gasteiger partial charge is 0.478 e. The van der Waals surface area contributed by atoms with E-state index in [9.17, 15) is 0 Å². The van der Waals surface area contributed by atoms with Gasteiger partial charge in [0.05, 0.1) is 6.61 Å². The minimum Gasteiger partial charge on any atom is -0.478 e. The van der Waals surface area contributed by atoms with Gasteiger partial charge in [0.25, 0.3) is 0 Å². The fraction of sp³-hybridized carbons (Fsp3) is 0.278. The highest BCUT2D eigenvalue weighted by atomic mass is 35.5. The van der Waals surface area contributed by atoms with Gasteiger partial charge in [0.15, 0.2) is 0 Å². The lowest BCUT2D eigenvalue weighted by Crippen LogP contribution is -2.04. The standard InChI is InChI=1S/C18H21NO.ClH/c1-4-20-18(19)17-11-9-16(10-12-17)15-7-5-14(6-8-15)13(2)3;/h5-13,19H,4H2,1-3H3;1H. The molecule has 0 aliphatic rings. The third-order valence-electron chi connectivity index (χ3n) is 3.35. The first-order valence-electron chi connectivity index (χ1n) is 7.04. The number of hydrogen-bond donors (Lipinski definition) is 1. The van der Waals surface area contributed by atoms with Crippen molar-refractivity contribution in [2.24, 2.45) is 0 Å². The fourth-order valence-corrected chi connectivity index (χ4v) is 2.10. The first-order chi connectivity index (χ1) is 9.61. The van der Waals surface area contributed by atoms with Crippen LogP contribution in [0.15, 0.2) is 48.5 Å². The molecule has 0 amide bonds. The van der Waals surface area contributed by atoms with Crippen molar-refractivity contribution < 1.29 is 4.74 Å². The lowest BCUT2D eigenvalue weighted by molar-refractivity contribution is 0.325. The molecular weight excluding hydrogens is 282 g/mol. The molecule has 0 aromatic heterocycles. The second-order valence-electron chi connectivity index (χ2n) is 5.12. The van der Waals surface area contributed by atoms with Crippen molar-refractivity contribution in [3.05, 3.63) is 59.7 Å². The molecule has 0 atom stereocenters. The summed E-state index contributed by atoms with van der Waals surface area (Å²) in [5.41, 5.74) is 4.52. The van der Waals surface area contributed by atoms with E-state index in [1.165, 1.54) is 11.1 Å². The number of ether oxygens (including phenoxy) is 1. The van der Waals surface area contributed by atoms with Crippen LogP contribution >= 0.6 is 12.4 Å². The summed E-state index contributed by atoms with van der Waals surface area (Å²) < 4.78 is 5.20. The zero-order valence-corrected chi connectivity index (χ0v) is 13.5. The Bertz CT molecular complexity index is 573. The van der Waals surface area contributed by atoms with Crippen molar-refractivity contribution in [1.82, 2.24) is 0 Å². The predicted molar refractivity (Wildman–Crippen MR) is 91.7 cm³/mol. The Kier molecular flexibility index (Phi) is 6.44. The van der Waals surface area contributed by atoms with E-state index in [0.717, 1.165) is 11.1 Å². The van der Waals surface area contributed by atoms with Gasteiger partial charge in [0.2, 0.25) is 5.90 Å². The number of benzene rings is 2. The third kappa shape index (κ3) is 4.33. The van der Waals surface area contributed by atoms with Crippen LogP contribution in [-0.4, -0.2) is 12.5 Å². The van der Waals surface area contributed by atoms with Gasteiger partial charge in [-0.25, -0.2) is 0 Å². The summed E-state index contributed by atoms with van der Waals surface area (Å²) in [6.45, 7) is 6.81. The van der Waals surface area contributed by atoms with Gasteiger partial charge in [-0.15, -0.1) is 12.4 Å². The molecule has 3 heteroatoms. The molecule has 0 spiro atoms. The van der Waals surface area contributed by atoms with Gasteiger partial charge in [-0.05, 0) is 41.7 Å². The minimum absolute atomic E-state index is 0. The molecule has 0 saturated heterocycles. The molecule has 2 nitrogen and oxygen atoms in total. The number of hydrogen-bond acceptors (Lipinski definition) is 2. The molecule has 0 fully saturated rings. The van der Waals surface area contributed by atoms with Crippen LogP contribution in [0.2, 0.25) is 0 Å². The van der Waals surface area contributed by atoms with Crippen molar-refractivity contribution in [3.8, 4) is 11.1 Å². The molecule has 0 heterocycles. The summed E-state index contributed by atoms with van der Waals surface area (Å²) >= 11 is 0. The van der Waals surface area contributed by atoms with Gasteiger partial charge in [0.1, 0.15) is 0 Å². The molecule has 21 heavy (non-hydrogen) atoms. The molecule has 0 unspecified atom stereocenters. The maximum Gasteiger partial charge on any atom is 0.213 e. The highest BCUT2D eigenvalue weighted by Gasteiger charge is 2.04. The lowest BCUT2D eigenvalue weighted by atomic mass is 9.98. The first-order valence-corrected chi connectivity index (χ1v) is 7.04. The summed E-state index contributed by atoms with van der Waals surface area (Å²) in [7, 11) is 0. The van der Waals surface area contributed by atoms with Crippen LogP contribution in [0.3, 0.4) is 0 Å². The zero-order valence-electron chi connectivity index (χ0n) is 12.7. The van der Waals surface area contributed by atoms with Gasteiger partial charge in [-0.1, -0.05) is 50.2 Å². The summed E-state index contributed by atoms with van der Waals surface area (Å²) in [4.78, 5) is 0. The molecule has 0 saturated carbocycles. The monoisotopic (exact) mass is 303 g/mol. The minimum atomic E-state index is 0. The normalized spacial score (nSPS) is 10.1. The molecule has 0 radical (unpaired) electrons. The Morgan fingerprint density at radius 2 is 1.43 bits per heavy atom. The molecule has 112 valence electrons. The van der Waals surface area contributed by atoms with E-state index < -0.39 is 0 Å². The van der Waals surface area contributed by atoms with Gasteiger partial charge in [0, 0.05) is 5.56 Å². The molecule has 0 bridgehead atoms. The van der Waals surface area contributed by atoms with Gasteiger partial charge < -0.3 is 4.74 Å². The molecule has 2 rings (SSSR count). The summed E-state index contributed by atoms with van der Waals surface area (Å²) in [5, 5.41) is 7.76. The van der Waals surface area contributed by atoms with Crippen LogP contribution in [0.1, 0.15) is 37.8 Å². The topological polar surface area (TPSA) is 33.1 Å². The molecule has 2 aromatic rings. The average molecular weight is 304 g/mol. The summed E-state index contributed by atoms with van der Waals surface area (Å²) in [6.07, 6.45) is 0. The zero-order chi connectivity index (χ0) is 14.5. The van der Waals surface area contributed by atoms with E-state index in [-0.39, 0.29) is 18.3 Å². The predicted octanol–water partition coefficient (Wildman–Crippen LogP) is 5.26. The Morgan fingerprint density at radius 1 is 0.952 bits per heavy atom. The second kappa shape index (κ2) is 7.84. The molecular formula is C18H22ClNO. The molecule has 0 aliphatic carbocycles. The van der Waals surface area contributed by atoms with Crippen LogP contribution in [0.25, 0.3) is 11.1 Å². The van der Waals surface area contributed by atoms with Crippen LogP contribution < -0.4 is 0 Å². The third-order valence-corrected chi connectivity index (χ3v) is 3.35.